The van der Waals surface area contributed by atoms with Crippen molar-refractivity contribution in [1.82, 2.24) is 4.90 Å². The SMILES string of the molecule is CS(=O)c1cc(C(=O)O)ccc1C1CCN(C(=O)OCc2ccccc2)CC1. The number of hydrogen-bond acceptors (Lipinski definition) is 4. The Morgan fingerprint density at radius 3 is 2.43 bits per heavy atom. The maximum atomic E-state index is 12.3. The normalized spacial score (nSPS) is 15.8. The maximum absolute atomic E-state index is 12.3. The van der Waals surface area contributed by atoms with Crippen LogP contribution in [0.1, 0.15) is 40.2 Å². The Kier molecular flexibility index (Phi) is 6.46. The van der Waals surface area contributed by atoms with Crippen LogP contribution in [-0.4, -0.2) is 45.6 Å². The third-order valence-electron chi connectivity index (χ3n) is 4.97. The summed E-state index contributed by atoms with van der Waals surface area (Å²) in [5, 5.41) is 9.16. The number of hydrogen-bond donors (Lipinski definition) is 1. The average Bonchev–Trinajstić information content (AvgIpc) is 2.72. The van der Waals surface area contributed by atoms with Crippen LogP contribution in [0.2, 0.25) is 0 Å². The van der Waals surface area contributed by atoms with Crippen LogP contribution in [0.5, 0.6) is 0 Å². The van der Waals surface area contributed by atoms with Crippen LogP contribution in [-0.2, 0) is 22.1 Å². The first-order chi connectivity index (χ1) is 13.5. The van der Waals surface area contributed by atoms with Crippen molar-refractivity contribution in [2.75, 3.05) is 19.3 Å². The van der Waals surface area contributed by atoms with E-state index >= 15 is 0 Å². The summed E-state index contributed by atoms with van der Waals surface area (Å²) in [5.41, 5.74) is 1.98. The van der Waals surface area contributed by atoms with Crippen molar-refractivity contribution in [3.05, 3.63) is 65.2 Å². The highest BCUT2D eigenvalue weighted by Crippen LogP contribution is 2.32. The second-order valence-corrected chi connectivity index (χ2v) is 8.16. The second kappa shape index (κ2) is 9.01. The number of ether oxygens (including phenoxy) is 1. The summed E-state index contributed by atoms with van der Waals surface area (Å²) >= 11 is 0. The minimum absolute atomic E-state index is 0.135. The minimum Gasteiger partial charge on any atom is -0.478 e. The van der Waals surface area contributed by atoms with Gasteiger partial charge in [0.05, 0.1) is 16.4 Å². The minimum atomic E-state index is -1.28. The molecule has 0 saturated carbocycles. The quantitative estimate of drug-likeness (QED) is 0.827. The Bertz CT molecular complexity index is 876. The molecule has 1 N–H and O–H groups in total. The van der Waals surface area contributed by atoms with Gasteiger partial charge in [-0.2, -0.15) is 0 Å². The van der Waals surface area contributed by atoms with E-state index in [0.29, 0.717) is 18.0 Å². The van der Waals surface area contributed by atoms with Gasteiger partial charge in [0.15, 0.2) is 0 Å². The van der Waals surface area contributed by atoms with Crippen LogP contribution in [0.25, 0.3) is 0 Å². The molecule has 0 bridgehead atoms. The lowest BCUT2D eigenvalue weighted by Gasteiger charge is -2.32. The standard InChI is InChI=1S/C21H23NO5S/c1-28(26)19-13-17(20(23)24)7-8-18(19)16-9-11-22(12-10-16)21(25)27-14-15-5-3-2-4-6-15/h2-8,13,16H,9-12,14H2,1H3,(H,23,24). The first-order valence-corrected chi connectivity index (χ1v) is 10.7. The number of benzene rings is 2. The first kappa shape index (κ1) is 20.1. The van der Waals surface area contributed by atoms with E-state index < -0.39 is 16.8 Å². The Hall–Kier alpha value is -2.67. The van der Waals surface area contributed by atoms with Gasteiger partial charge in [0, 0.05) is 24.2 Å². The van der Waals surface area contributed by atoms with E-state index in [1.807, 2.05) is 30.3 Å². The topological polar surface area (TPSA) is 83.9 Å². The summed E-state index contributed by atoms with van der Waals surface area (Å²) in [7, 11) is -1.28. The molecule has 7 heteroatoms. The van der Waals surface area contributed by atoms with E-state index in [9.17, 15) is 13.8 Å². The predicted octanol–water partition coefficient (Wildman–Crippen LogP) is 3.64. The van der Waals surface area contributed by atoms with Crippen LogP contribution in [0.4, 0.5) is 4.79 Å². The zero-order valence-corrected chi connectivity index (χ0v) is 16.5. The van der Waals surface area contributed by atoms with Crippen LogP contribution in [0.15, 0.2) is 53.4 Å². The number of nitrogens with zero attached hydrogens (tertiary/aromatic N) is 1. The monoisotopic (exact) mass is 401 g/mol. The van der Waals surface area contributed by atoms with Crippen molar-refractivity contribution in [3.63, 3.8) is 0 Å². The largest absolute Gasteiger partial charge is 0.478 e. The molecule has 1 aliphatic rings. The third kappa shape index (κ3) is 4.78. The number of carbonyl (C=O) groups is 2. The number of rotatable bonds is 5. The molecule has 148 valence electrons. The number of aromatic carboxylic acids is 1. The molecule has 1 fully saturated rings. The van der Waals surface area contributed by atoms with Crippen LogP contribution in [0, 0.1) is 0 Å². The Labute approximate surface area is 166 Å². The van der Waals surface area contributed by atoms with Crippen molar-refractivity contribution in [3.8, 4) is 0 Å². The van der Waals surface area contributed by atoms with Gasteiger partial charge in [0.1, 0.15) is 6.61 Å². The molecule has 0 aromatic heterocycles. The summed E-state index contributed by atoms with van der Waals surface area (Å²) in [6, 6.07) is 14.3. The van der Waals surface area contributed by atoms with E-state index in [-0.39, 0.29) is 24.2 Å². The van der Waals surface area contributed by atoms with Crippen molar-refractivity contribution < 1.29 is 23.6 Å². The second-order valence-electron chi connectivity index (χ2n) is 6.81. The molecule has 28 heavy (non-hydrogen) atoms. The molecule has 0 radical (unpaired) electrons. The molecule has 1 unspecified atom stereocenters. The molecule has 1 aliphatic heterocycles. The van der Waals surface area contributed by atoms with Gasteiger partial charge in [-0.1, -0.05) is 36.4 Å². The first-order valence-electron chi connectivity index (χ1n) is 9.12. The smallest absolute Gasteiger partial charge is 0.410 e. The van der Waals surface area contributed by atoms with Crippen molar-refractivity contribution in [1.29, 1.82) is 0 Å². The van der Waals surface area contributed by atoms with Gasteiger partial charge < -0.3 is 14.7 Å². The maximum Gasteiger partial charge on any atom is 0.410 e. The summed E-state index contributed by atoms with van der Waals surface area (Å²) in [6.45, 7) is 1.35. The van der Waals surface area contributed by atoms with Crippen LogP contribution < -0.4 is 0 Å². The summed E-state index contributed by atoms with van der Waals surface area (Å²) in [6.07, 6.45) is 2.66. The molecule has 3 rings (SSSR count). The van der Waals surface area contributed by atoms with Crippen molar-refractivity contribution in [2.24, 2.45) is 0 Å². The van der Waals surface area contributed by atoms with Crippen molar-refractivity contribution >= 4 is 22.9 Å². The lowest BCUT2D eigenvalue weighted by atomic mass is 9.89. The summed E-state index contributed by atoms with van der Waals surface area (Å²) in [4.78, 5) is 25.7. The van der Waals surface area contributed by atoms with E-state index in [0.717, 1.165) is 24.0 Å². The molecule has 0 aliphatic carbocycles. The van der Waals surface area contributed by atoms with Gasteiger partial charge in [-0.3, -0.25) is 4.21 Å². The number of piperidine rings is 1. The van der Waals surface area contributed by atoms with Crippen LogP contribution in [0.3, 0.4) is 0 Å². The Balaban J connectivity index is 1.61. The van der Waals surface area contributed by atoms with Crippen molar-refractivity contribution in [2.45, 2.75) is 30.3 Å². The Morgan fingerprint density at radius 1 is 1.14 bits per heavy atom. The number of carbonyl (C=O) groups excluding carboxylic acids is 1. The number of carboxylic acids is 1. The van der Waals surface area contributed by atoms with Gasteiger partial charge in [0.2, 0.25) is 0 Å². The highest BCUT2D eigenvalue weighted by molar-refractivity contribution is 7.84. The van der Waals surface area contributed by atoms with E-state index in [2.05, 4.69) is 0 Å². The zero-order chi connectivity index (χ0) is 20.1. The number of likely N-dealkylation sites (tertiary alicyclic amines) is 1. The molecular formula is C21H23NO5S. The zero-order valence-electron chi connectivity index (χ0n) is 15.7. The van der Waals surface area contributed by atoms with Crippen LogP contribution >= 0.6 is 0 Å². The highest BCUT2D eigenvalue weighted by Gasteiger charge is 2.27. The van der Waals surface area contributed by atoms with Gasteiger partial charge in [-0.25, -0.2) is 9.59 Å². The fourth-order valence-electron chi connectivity index (χ4n) is 3.44. The number of amides is 1. The molecular weight excluding hydrogens is 378 g/mol. The molecule has 6 nitrogen and oxygen atoms in total. The summed E-state index contributed by atoms with van der Waals surface area (Å²) < 4.78 is 17.5. The molecule has 1 amide bonds. The van der Waals surface area contributed by atoms with Gasteiger partial charge in [-0.05, 0) is 42.0 Å². The predicted molar refractivity (Wildman–Crippen MR) is 106 cm³/mol. The Morgan fingerprint density at radius 2 is 1.82 bits per heavy atom. The molecule has 1 saturated heterocycles. The number of carboxylic acid groups (broad SMARTS) is 1. The molecule has 2 aromatic rings. The van der Waals surface area contributed by atoms with E-state index in [1.54, 1.807) is 23.3 Å². The highest BCUT2D eigenvalue weighted by atomic mass is 32.2. The molecule has 2 aromatic carbocycles. The van der Waals surface area contributed by atoms with Gasteiger partial charge in [0.25, 0.3) is 0 Å². The lowest BCUT2D eigenvalue weighted by molar-refractivity contribution is 0.0696. The average molecular weight is 401 g/mol. The summed E-state index contributed by atoms with van der Waals surface area (Å²) in [5.74, 6) is -0.894. The lowest BCUT2D eigenvalue weighted by Crippen LogP contribution is -2.38. The fraction of sp³-hybridized carbons (Fsp3) is 0.333. The van der Waals surface area contributed by atoms with E-state index in [4.69, 9.17) is 9.84 Å². The van der Waals surface area contributed by atoms with Gasteiger partial charge in [-0.15, -0.1) is 0 Å². The molecule has 1 heterocycles. The molecule has 1 atom stereocenters. The molecule has 0 spiro atoms. The third-order valence-corrected chi connectivity index (χ3v) is 5.94. The van der Waals surface area contributed by atoms with E-state index in [1.165, 1.54) is 6.07 Å². The van der Waals surface area contributed by atoms with Gasteiger partial charge >= 0.3 is 12.1 Å². The fourth-order valence-corrected chi connectivity index (χ4v) is 4.30.